The first-order valence-corrected chi connectivity index (χ1v) is 6.47. The summed E-state index contributed by atoms with van der Waals surface area (Å²) in [5, 5.41) is 13.6. The molecule has 0 radical (unpaired) electrons. The number of carboxylic acids is 1. The number of carbonyl (C=O) groups is 2. The second-order valence-corrected chi connectivity index (χ2v) is 5.16. The smallest absolute Gasteiger partial charge is 0.335 e. The third kappa shape index (κ3) is 2.79. The maximum atomic E-state index is 12.0. The standard InChI is InChI=1S/C16H17NO3/c1-9(2)17-15(18)12-5-4-11-7-13(16(19)20)6-10(3)14(11)8-12/h4-9H,1-3H3,(H,17,18)(H,19,20). The van der Waals surface area contributed by atoms with Crippen molar-refractivity contribution in [2.75, 3.05) is 0 Å². The topological polar surface area (TPSA) is 66.4 Å². The van der Waals surface area contributed by atoms with Gasteiger partial charge < -0.3 is 10.4 Å². The molecule has 20 heavy (non-hydrogen) atoms. The third-order valence-corrected chi connectivity index (χ3v) is 3.09. The number of carboxylic acid groups (broad SMARTS) is 1. The molecule has 0 fully saturated rings. The second kappa shape index (κ2) is 5.33. The monoisotopic (exact) mass is 271 g/mol. The first kappa shape index (κ1) is 14.1. The molecule has 0 spiro atoms. The van der Waals surface area contributed by atoms with E-state index in [1.165, 1.54) is 0 Å². The summed E-state index contributed by atoms with van der Waals surface area (Å²) < 4.78 is 0. The maximum absolute atomic E-state index is 12.0. The number of rotatable bonds is 3. The number of fused-ring (bicyclic) bond motifs is 1. The second-order valence-electron chi connectivity index (χ2n) is 5.16. The summed E-state index contributed by atoms with van der Waals surface area (Å²) in [6.07, 6.45) is 0. The number of benzene rings is 2. The van der Waals surface area contributed by atoms with Crippen molar-refractivity contribution in [3.63, 3.8) is 0 Å². The highest BCUT2D eigenvalue weighted by molar-refractivity contribution is 6.01. The predicted molar refractivity (Wildman–Crippen MR) is 78.2 cm³/mol. The molecule has 2 rings (SSSR count). The van der Waals surface area contributed by atoms with Crippen molar-refractivity contribution in [2.24, 2.45) is 0 Å². The lowest BCUT2D eigenvalue weighted by Gasteiger charge is -2.10. The van der Waals surface area contributed by atoms with E-state index in [-0.39, 0.29) is 17.5 Å². The number of hydrogen-bond donors (Lipinski definition) is 2. The molecule has 104 valence electrons. The summed E-state index contributed by atoms with van der Waals surface area (Å²) in [5.41, 5.74) is 1.69. The van der Waals surface area contributed by atoms with Gasteiger partial charge >= 0.3 is 5.97 Å². The number of aryl methyl sites for hydroxylation is 1. The summed E-state index contributed by atoms with van der Waals surface area (Å²) in [7, 11) is 0. The Bertz CT molecular complexity index is 689. The Hall–Kier alpha value is -2.36. The van der Waals surface area contributed by atoms with Gasteiger partial charge in [-0.15, -0.1) is 0 Å². The fourth-order valence-corrected chi connectivity index (χ4v) is 2.15. The highest BCUT2D eigenvalue weighted by atomic mass is 16.4. The van der Waals surface area contributed by atoms with Crippen LogP contribution in [0.5, 0.6) is 0 Å². The van der Waals surface area contributed by atoms with Crippen molar-refractivity contribution < 1.29 is 14.7 Å². The zero-order valence-electron chi connectivity index (χ0n) is 11.7. The van der Waals surface area contributed by atoms with Crippen LogP contribution in [-0.4, -0.2) is 23.0 Å². The van der Waals surface area contributed by atoms with Gasteiger partial charge in [0.15, 0.2) is 0 Å². The van der Waals surface area contributed by atoms with Crippen LogP contribution in [0, 0.1) is 6.92 Å². The van der Waals surface area contributed by atoms with E-state index in [1.54, 1.807) is 30.3 Å². The van der Waals surface area contributed by atoms with Crippen LogP contribution in [-0.2, 0) is 0 Å². The van der Waals surface area contributed by atoms with Gasteiger partial charge in [-0.2, -0.15) is 0 Å². The summed E-state index contributed by atoms with van der Waals surface area (Å²) in [6, 6.07) is 8.61. The molecule has 0 saturated carbocycles. The molecule has 4 nitrogen and oxygen atoms in total. The Morgan fingerprint density at radius 3 is 2.40 bits per heavy atom. The van der Waals surface area contributed by atoms with E-state index in [2.05, 4.69) is 5.32 Å². The van der Waals surface area contributed by atoms with E-state index >= 15 is 0 Å². The molecule has 0 aliphatic carbocycles. The van der Waals surface area contributed by atoms with Gasteiger partial charge in [0.2, 0.25) is 0 Å². The Balaban J connectivity index is 2.50. The van der Waals surface area contributed by atoms with Gasteiger partial charge in [-0.1, -0.05) is 6.07 Å². The molecule has 0 bridgehead atoms. The summed E-state index contributed by atoms with van der Waals surface area (Å²) in [5.74, 6) is -1.07. The number of aromatic carboxylic acids is 1. The predicted octanol–water partition coefficient (Wildman–Crippen LogP) is 2.98. The number of carbonyl (C=O) groups excluding carboxylic acids is 1. The molecule has 1 amide bonds. The summed E-state index contributed by atoms with van der Waals surface area (Å²) in [6.45, 7) is 5.66. The minimum absolute atomic E-state index is 0.0775. The van der Waals surface area contributed by atoms with Crippen molar-refractivity contribution in [2.45, 2.75) is 26.8 Å². The van der Waals surface area contributed by atoms with Crippen LogP contribution in [0.25, 0.3) is 10.8 Å². The van der Waals surface area contributed by atoms with Gasteiger partial charge in [-0.3, -0.25) is 4.79 Å². The number of amides is 1. The van der Waals surface area contributed by atoms with Crippen LogP contribution >= 0.6 is 0 Å². The van der Waals surface area contributed by atoms with E-state index < -0.39 is 5.97 Å². The van der Waals surface area contributed by atoms with Crippen LogP contribution in [0.1, 0.15) is 40.1 Å². The van der Waals surface area contributed by atoms with Crippen LogP contribution in [0.4, 0.5) is 0 Å². The first-order valence-electron chi connectivity index (χ1n) is 6.47. The Kier molecular flexibility index (Phi) is 3.74. The normalized spacial score (nSPS) is 10.8. The van der Waals surface area contributed by atoms with E-state index in [0.717, 1.165) is 16.3 Å². The Morgan fingerprint density at radius 2 is 1.80 bits per heavy atom. The molecule has 4 heteroatoms. The zero-order chi connectivity index (χ0) is 14.9. The SMILES string of the molecule is Cc1cc(C(=O)O)cc2ccc(C(=O)NC(C)C)cc12. The lowest BCUT2D eigenvalue weighted by molar-refractivity contribution is 0.0696. The lowest BCUT2D eigenvalue weighted by atomic mass is 9.99. The van der Waals surface area contributed by atoms with Gasteiger partial charge in [-0.25, -0.2) is 4.79 Å². The molecule has 2 aromatic rings. The van der Waals surface area contributed by atoms with Gasteiger partial charge in [0.1, 0.15) is 0 Å². The Morgan fingerprint density at radius 1 is 1.10 bits per heavy atom. The highest BCUT2D eigenvalue weighted by Gasteiger charge is 2.11. The van der Waals surface area contributed by atoms with E-state index in [4.69, 9.17) is 5.11 Å². The average Bonchev–Trinajstić information content (AvgIpc) is 2.37. The molecule has 2 aromatic carbocycles. The minimum Gasteiger partial charge on any atom is -0.478 e. The Labute approximate surface area is 117 Å². The molecule has 0 aliphatic rings. The molecular formula is C16H17NO3. The van der Waals surface area contributed by atoms with Crippen molar-refractivity contribution in [1.29, 1.82) is 0 Å². The maximum Gasteiger partial charge on any atom is 0.335 e. The van der Waals surface area contributed by atoms with Gasteiger partial charge in [0.05, 0.1) is 5.56 Å². The molecular weight excluding hydrogens is 254 g/mol. The van der Waals surface area contributed by atoms with E-state index in [1.807, 2.05) is 20.8 Å². The van der Waals surface area contributed by atoms with Gasteiger partial charge in [0, 0.05) is 11.6 Å². The zero-order valence-corrected chi connectivity index (χ0v) is 11.7. The summed E-state index contributed by atoms with van der Waals surface area (Å²) in [4.78, 5) is 23.0. The van der Waals surface area contributed by atoms with Gasteiger partial charge in [-0.05, 0) is 61.4 Å². The molecule has 0 heterocycles. The lowest BCUT2D eigenvalue weighted by Crippen LogP contribution is -2.29. The molecule has 0 unspecified atom stereocenters. The first-order chi connectivity index (χ1) is 9.38. The fraction of sp³-hybridized carbons (Fsp3) is 0.250. The van der Waals surface area contributed by atoms with Crippen molar-refractivity contribution in [3.8, 4) is 0 Å². The number of hydrogen-bond acceptors (Lipinski definition) is 2. The third-order valence-electron chi connectivity index (χ3n) is 3.09. The molecule has 0 aromatic heterocycles. The highest BCUT2D eigenvalue weighted by Crippen LogP contribution is 2.22. The largest absolute Gasteiger partial charge is 0.478 e. The molecule has 0 saturated heterocycles. The summed E-state index contributed by atoms with van der Waals surface area (Å²) >= 11 is 0. The molecule has 0 atom stereocenters. The minimum atomic E-state index is -0.948. The molecule has 2 N–H and O–H groups in total. The van der Waals surface area contributed by atoms with Crippen LogP contribution in [0.15, 0.2) is 30.3 Å². The van der Waals surface area contributed by atoms with Crippen molar-refractivity contribution >= 4 is 22.6 Å². The van der Waals surface area contributed by atoms with Crippen LogP contribution in [0.3, 0.4) is 0 Å². The van der Waals surface area contributed by atoms with Crippen molar-refractivity contribution in [3.05, 3.63) is 47.0 Å². The van der Waals surface area contributed by atoms with Crippen LogP contribution in [0.2, 0.25) is 0 Å². The fourth-order valence-electron chi connectivity index (χ4n) is 2.15. The number of nitrogens with one attached hydrogen (secondary N) is 1. The quantitative estimate of drug-likeness (QED) is 0.901. The van der Waals surface area contributed by atoms with E-state index in [0.29, 0.717) is 5.56 Å². The average molecular weight is 271 g/mol. The van der Waals surface area contributed by atoms with Crippen molar-refractivity contribution in [1.82, 2.24) is 5.32 Å². The van der Waals surface area contributed by atoms with Gasteiger partial charge in [0.25, 0.3) is 5.91 Å². The van der Waals surface area contributed by atoms with E-state index in [9.17, 15) is 9.59 Å². The van der Waals surface area contributed by atoms with Crippen LogP contribution < -0.4 is 5.32 Å². The molecule has 0 aliphatic heterocycles.